The van der Waals surface area contributed by atoms with Crippen LogP contribution in [0.3, 0.4) is 0 Å². The summed E-state index contributed by atoms with van der Waals surface area (Å²) in [7, 11) is 0. The Kier molecular flexibility index (Phi) is 5.04. The van der Waals surface area contributed by atoms with Crippen molar-refractivity contribution < 1.29 is 9.53 Å². The molecule has 4 nitrogen and oxygen atoms in total. The number of carbonyl (C=O) groups excluding carboxylic acids is 1. The SMILES string of the molecule is O=CC1CN=Cc2ccccc2N1CCCOc1ccccc1. The molecule has 0 bridgehead atoms. The Morgan fingerprint density at radius 3 is 2.74 bits per heavy atom. The molecule has 118 valence electrons. The predicted molar refractivity (Wildman–Crippen MR) is 92.7 cm³/mol. The third-order valence-electron chi connectivity index (χ3n) is 3.88. The van der Waals surface area contributed by atoms with E-state index in [2.05, 4.69) is 9.89 Å². The van der Waals surface area contributed by atoms with Crippen LogP contribution >= 0.6 is 0 Å². The van der Waals surface area contributed by atoms with Crippen LogP contribution < -0.4 is 9.64 Å². The van der Waals surface area contributed by atoms with Gasteiger partial charge in [0.2, 0.25) is 0 Å². The molecule has 2 aromatic carbocycles. The summed E-state index contributed by atoms with van der Waals surface area (Å²) in [5, 5.41) is 0. The van der Waals surface area contributed by atoms with Crippen LogP contribution in [0.4, 0.5) is 5.69 Å². The Morgan fingerprint density at radius 2 is 1.91 bits per heavy atom. The molecule has 23 heavy (non-hydrogen) atoms. The topological polar surface area (TPSA) is 41.9 Å². The first-order valence-corrected chi connectivity index (χ1v) is 7.87. The fourth-order valence-corrected chi connectivity index (χ4v) is 2.74. The normalized spacial score (nSPS) is 16.5. The number of carbonyl (C=O) groups is 1. The van der Waals surface area contributed by atoms with Crippen molar-refractivity contribution in [3.8, 4) is 5.75 Å². The van der Waals surface area contributed by atoms with E-state index in [1.54, 1.807) is 0 Å². The van der Waals surface area contributed by atoms with E-state index in [4.69, 9.17) is 4.74 Å². The van der Waals surface area contributed by atoms with Crippen LogP contribution in [0.1, 0.15) is 12.0 Å². The maximum absolute atomic E-state index is 11.4. The van der Waals surface area contributed by atoms with E-state index < -0.39 is 0 Å². The molecule has 0 N–H and O–H groups in total. The third kappa shape index (κ3) is 3.77. The van der Waals surface area contributed by atoms with Gasteiger partial charge in [0, 0.05) is 24.0 Å². The lowest BCUT2D eigenvalue weighted by Gasteiger charge is -2.29. The summed E-state index contributed by atoms with van der Waals surface area (Å²) in [6, 6.07) is 17.6. The molecule has 0 aromatic heterocycles. The van der Waals surface area contributed by atoms with E-state index in [1.807, 2.05) is 60.8 Å². The number of aldehydes is 1. The van der Waals surface area contributed by atoms with Gasteiger partial charge < -0.3 is 14.4 Å². The van der Waals surface area contributed by atoms with Gasteiger partial charge in [-0.25, -0.2) is 0 Å². The number of benzene rings is 2. The van der Waals surface area contributed by atoms with Gasteiger partial charge in [-0.2, -0.15) is 0 Å². The Labute approximate surface area is 136 Å². The van der Waals surface area contributed by atoms with Gasteiger partial charge in [-0.05, 0) is 24.6 Å². The molecule has 2 aromatic rings. The van der Waals surface area contributed by atoms with Crippen LogP contribution in [0.5, 0.6) is 5.75 Å². The van der Waals surface area contributed by atoms with Crippen molar-refractivity contribution >= 4 is 18.2 Å². The molecule has 1 heterocycles. The van der Waals surface area contributed by atoms with Crippen LogP contribution in [0.25, 0.3) is 0 Å². The first kappa shape index (κ1) is 15.3. The van der Waals surface area contributed by atoms with E-state index in [0.717, 1.165) is 36.3 Å². The summed E-state index contributed by atoms with van der Waals surface area (Å²) >= 11 is 0. The number of fused-ring (bicyclic) bond motifs is 1. The summed E-state index contributed by atoms with van der Waals surface area (Å²) in [6.07, 6.45) is 3.68. The van der Waals surface area contributed by atoms with Gasteiger partial charge >= 0.3 is 0 Å². The molecule has 0 saturated heterocycles. The zero-order valence-corrected chi connectivity index (χ0v) is 13.0. The highest BCUT2D eigenvalue weighted by Crippen LogP contribution is 2.23. The van der Waals surface area contributed by atoms with Crippen molar-refractivity contribution in [1.29, 1.82) is 0 Å². The van der Waals surface area contributed by atoms with Crippen molar-refractivity contribution in [3.63, 3.8) is 0 Å². The van der Waals surface area contributed by atoms with Crippen molar-refractivity contribution in [1.82, 2.24) is 0 Å². The van der Waals surface area contributed by atoms with Crippen molar-refractivity contribution in [2.45, 2.75) is 12.5 Å². The van der Waals surface area contributed by atoms with E-state index in [1.165, 1.54) is 0 Å². The van der Waals surface area contributed by atoms with Crippen LogP contribution in [0.2, 0.25) is 0 Å². The second-order valence-corrected chi connectivity index (χ2v) is 5.46. The molecule has 1 aliphatic heterocycles. The molecule has 1 atom stereocenters. The quantitative estimate of drug-likeness (QED) is 0.608. The minimum atomic E-state index is -0.216. The maximum Gasteiger partial charge on any atom is 0.144 e. The Bertz CT molecular complexity index is 670. The molecule has 0 saturated carbocycles. The van der Waals surface area contributed by atoms with Crippen LogP contribution in [-0.2, 0) is 4.79 Å². The number of anilines is 1. The fourth-order valence-electron chi connectivity index (χ4n) is 2.74. The lowest BCUT2D eigenvalue weighted by Crippen LogP contribution is -2.39. The predicted octanol–water partition coefficient (Wildman–Crippen LogP) is 2.96. The third-order valence-corrected chi connectivity index (χ3v) is 3.88. The monoisotopic (exact) mass is 308 g/mol. The van der Waals surface area contributed by atoms with E-state index in [-0.39, 0.29) is 6.04 Å². The summed E-state index contributed by atoms with van der Waals surface area (Å²) in [4.78, 5) is 17.9. The Balaban J connectivity index is 1.64. The number of rotatable bonds is 6. The number of nitrogens with zero attached hydrogens (tertiary/aromatic N) is 2. The second kappa shape index (κ2) is 7.58. The molecule has 1 unspecified atom stereocenters. The van der Waals surface area contributed by atoms with Gasteiger partial charge in [-0.15, -0.1) is 0 Å². The average Bonchev–Trinajstić information content (AvgIpc) is 2.79. The van der Waals surface area contributed by atoms with Crippen LogP contribution in [0, 0.1) is 0 Å². The number of hydrogen-bond acceptors (Lipinski definition) is 4. The van der Waals surface area contributed by atoms with E-state index >= 15 is 0 Å². The molecule has 4 heteroatoms. The van der Waals surface area contributed by atoms with E-state index in [9.17, 15) is 4.79 Å². The summed E-state index contributed by atoms with van der Waals surface area (Å²) in [5.74, 6) is 0.874. The van der Waals surface area contributed by atoms with Crippen molar-refractivity contribution in [2.24, 2.45) is 4.99 Å². The summed E-state index contributed by atoms with van der Waals surface area (Å²) in [6.45, 7) is 1.88. The zero-order valence-electron chi connectivity index (χ0n) is 13.0. The second-order valence-electron chi connectivity index (χ2n) is 5.46. The average molecular weight is 308 g/mol. The first-order valence-electron chi connectivity index (χ1n) is 7.87. The molecule has 0 amide bonds. The first-order chi connectivity index (χ1) is 11.4. The van der Waals surface area contributed by atoms with E-state index in [0.29, 0.717) is 13.2 Å². The lowest BCUT2D eigenvalue weighted by atomic mass is 10.1. The van der Waals surface area contributed by atoms with Crippen LogP contribution in [0.15, 0.2) is 59.6 Å². The highest BCUT2D eigenvalue weighted by molar-refractivity contribution is 5.90. The molecule has 0 aliphatic carbocycles. The van der Waals surface area contributed by atoms with Gasteiger partial charge in [0.25, 0.3) is 0 Å². The fraction of sp³-hybridized carbons (Fsp3) is 0.263. The molecular weight excluding hydrogens is 288 g/mol. The highest BCUT2D eigenvalue weighted by Gasteiger charge is 2.21. The Morgan fingerprint density at radius 1 is 1.13 bits per heavy atom. The minimum Gasteiger partial charge on any atom is -0.494 e. The molecular formula is C19H20N2O2. The highest BCUT2D eigenvalue weighted by atomic mass is 16.5. The summed E-state index contributed by atoms with van der Waals surface area (Å²) < 4.78 is 5.74. The smallest absolute Gasteiger partial charge is 0.144 e. The van der Waals surface area contributed by atoms with Gasteiger partial charge in [-0.3, -0.25) is 4.99 Å². The van der Waals surface area contributed by atoms with Gasteiger partial charge in [0.05, 0.1) is 13.2 Å². The number of hydrogen-bond donors (Lipinski definition) is 0. The minimum absolute atomic E-state index is 0.216. The molecule has 0 fully saturated rings. The molecule has 1 aliphatic rings. The number of ether oxygens (including phenoxy) is 1. The molecule has 0 radical (unpaired) electrons. The molecule has 3 rings (SSSR count). The molecule has 0 spiro atoms. The number of para-hydroxylation sites is 2. The van der Waals surface area contributed by atoms with Gasteiger partial charge in [-0.1, -0.05) is 36.4 Å². The Hall–Kier alpha value is -2.62. The van der Waals surface area contributed by atoms with Gasteiger partial charge in [0.15, 0.2) is 0 Å². The number of benzodiazepines with no additional fused rings is 1. The maximum atomic E-state index is 11.4. The van der Waals surface area contributed by atoms with Crippen molar-refractivity contribution in [3.05, 3.63) is 60.2 Å². The zero-order chi connectivity index (χ0) is 15.9. The lowest BCUT2D eigenvalue weighted by molar-refractivity contribution is -0.108. The largest absolute Gasteiger partial charge is 0.494 e. The van der Waals surface area contributed by atoms with Gasteiger partial charge in [0.1, 0.15) is 18.1 Å². The summed E-state index contributed by atoms with van der Waals surface area (Å²) in [5.41, 5.74) is 2.12. The number of aliphatic imine (C=N–C) groups is 1. The standard InChI is InChI=1S/C19H20N2O2/c22-15-17-14-20-13-16-7-4-5-10-19(16)21(17)11-6-12-23-18-8-2-1-3-9-18/h1-5,7-10,13,15,17H,6,11-12,14H2. The van der Waals surface area contributed by atoms with Crippen molar-refractivity contribution in [2.75, 3.05) is 24.6 Å². The van der Waals surface area contributed by atoms with Crippen LogP contribution in [-0.4, -0.2) is 38.2 Å².